The van der Waals surface area contributed by atoms with Gasteiger partial charge in [-0.25, -0.2) is 0 Å². The van der Waals surface area contributed by atoms with Crippen molar-refractivity contribution in [1.29, 1.82) is 0 Å². The number of aliphatic hydroxyl groups excluding tert-OH is 1. The van der Waals surface area contributed by atoms with Crippen molar-refractivity contribution in [3.8, 4) is 5.75 Å². The van der Waals surface area contributed by atoms with E-state index in [0.717, 1.165) is 18.8 Å². The molecule has 0 saturated carbocycles. The number of likely N-dealkylation sites (tertiary alicyclic amines) is 1. The second-order valence-electron chi connectivity index (χ2n) is 4.91. The zero-order valence-electron chi connectivity index (χ0n) is 11.0. The molecule has 1 aliphatic heterocycles. The highest BCUT2D eigenvalue weighted by Crippen LogP contribution is 2.18. The van der Waals surface area contributed by atoms with Crippen LogP contribution in [0.4, 0.5) is 0 Å². The van der Waals surface area contributed by atoms with Crippen LogP contribution < -0.4 is 4.74 Å². The van der Waals surface area contributed by atoms with Crippen LogP contribution in [-0.4, -0.2) is 41.2 Å². The summed E-state index contributed by atoms with van der Waals surface area (Å²) in [5.74, 6) is 0.783. The van der Waals surface area contributed by atoms with Gasteiger partial charge in [0.15, 0.2) is 0 Å². The topological polar surface area (TPSA) is 45.6 Å². The lowest BCUT2D eigenvalue weighted by molar-refractivity contribution is 0.153. The summed E-state index contributed by atoms with van der Waals surface area (Å²) in [4.78, 5) is 6.52. The molecule has 1 aromatic rings. The molecule has 4 nitrogen and oxygen atoms in total. The first kappa shape index (κ1) is 13.3. The summed E-state index contributed by atoms with van der Waals surface area (Å²) in [6.07, 6.45) is 6.68. The predicted octanol–water partition coefficient (Wildman–Crippen LogP) is 1.83. The third-order valence-electron chi connectivity index (χ3n) is 3.60. The van der Waals surface area contributed by atoms with Gasteiger partial charge in [-0.3, -0.25) is 4.98 Å². The average Bonchev–Trinajstić information content (AvgIpc) is 2.42. The molecule has 100 valence electrons. The normalized spacial score (nSPS) is 20.9. The first-order valence-corrected chi connectivity index (χ1v) is 6.68. The Balaban J connectivity index is 1.73. The maximum absolute atomic E-state index is 8.90. The fourth-order valence-corrected chi connectivity index (χ4v) is 2.41. The minimum Gasteiger partial charge on any atom is -0.492 e. The number of ether oxygens (including phenoxy) is 1. The van der Waals surface area contributed by atoms with E-state index in [0.29, 0.717) is 11.7 Å². The Morgan fingerprint density at radius 2 is 2.33 bits per heavy atom. The average molecular weight is 250 g/mol. The van der Waals surface area contributed by atoms with Gasteiger partial charge in [-0.1, -0.05) is 6.42 Å². The van der Waals surface area contributed by atoms with Crippen LogP contribution in [0.5, 0.6) is 5.75 Å². The Labute approximate surface area is 109 Å². The van der Waals surface area contributed by atoms with E-state index < -0.39 is 0 Å². The third kappa shape index (κ3) is 3.68. The molecule has 2 heterocycles. The lowest BCUT2D eigenvalue weighted by Crippen LogP contribution is -2.37. The molecule has 0 spiro atoms. The molecule has 0 bridgehead atoms. The minimum atomic E-state index is -0.0207. The van der Waals surface area contributed by atoms with Gasteiger partial charge in [0.2, 0.25) is 0 Å². The van der Waals surface area contributed by atoms with Gasteiger partial charge < -0.3 is 14.7 Å². The van der Waals surface area contributed by atoms with E-state index in [4.69, 9.17) is 9.84 Å². The van der Waals surface area contributed by atoms with Gasteiger partial charge >= 0.3 is 0 Å². The van der Waals surface area contributed by atoms with Crippen molar-refractivity contribution >= 4 is 0 Å². The Morgan fingerprint density at radius 1 is 1.44 bits per heavy atom. The van der Waals surface area contributed by atoms with Crippen LogP contribution in [0.25, 0.3) is 0 Å². The van der Waals surface area contributed by atoms with E-state index >= 15 is 0 Å². The molecule has 0 amide bonds. The zero-order valence-corrected chi connectivity index (χ0v) is 11.0. The first-order chi connectivity index (χ1) is 8.79. The van der Waals surface area contributed by atoms with Crippen molar-refractivity contribution in [2.24, 2.45) is 0 Å². The molecule has 2 rings (SSSR count). The minimum absolute atomic E-state index is 0.0207. The van der Waals surface area contributed by atoms with E-state index in [1.54, 1.807) is 12.3 Å². The van der Waals surface area contributed by atoms with Crippen LogP contribution in [0.1, 0.15) is 31.4 Å². The van der Waals surface area contributed by atoms with Crippen LogP contribution in [0.3, 0.4) is 0 Å². The summed E-state index contributed by atoms with van der Waals surface area (Å²) in [5.41, 5.74) is 0.675. The Hall–Kier alpha value is -1.13. The second kappa shape index (κ2) is 6.71. The van der Waals surface area contributed by atoms with Crippen LogP contribution >= 0.6 is 0 Å². The monoisotopic (exact) mass is 250 g/mol. The lowest BCUT2D eigenvalue weighted by Gasteiger charge is -2.32. The summed E-state index contributed by atoms with van der Waals surface area (Å²) in [5, 5.41) is 8.90. The van der Waals surface area contributed by atoms with E-state index in [1.807, 2.05) is 6.07 Å². The van der Waals surface area contributed by atoms with E-state index in [-0.39, 0.29) is 6.61 Å². The van der Waals surface area contributed by atoms with Crippen LogP contribution in [0.15, 0.2) is 18.3 Å². The summed E-state index contributed by atoms with van der Waals surface area (Å²) in [6, 6.07) is 4.31. The smallest absolute Gasteiger partial charge is 0.137 e. The number of rotatable bonds is 5. The van der Waals surface area contributed by atoms with Crippen molar-refractivity contribution in [3.63, 3.8) is 0 Å². The van der Waals surface area contributed by atoms with Crippen molar-refractivity contribution in [2.45, 2.75) is 38.3 Å². The van der Waals surface area contributed by atoms with Gasteiger partial charge in [0.05, 0.1) is 25.1 Å². The lowest BCUT2D eigenvalue weighted by atomic mass is 10.0. The number of aliphatic hydroxyl groups is 1. The fraction of sp³-hybridized carbons (Fsp3) is 0.643. The summed E-state index contributed by atoms with van der Waals surface area (Å²) in [7, 11) is 2.20. The van der Waals surface area contributed by atoms with Gasteiger partial charge in [0, 0.05) is 6.04 Å². The molecule has 1 aromatic heterocycles. The molecule has 1 N–H and O–H groups in total. The number of piperidine rings is 1. The second-order valence-corrected chi connectivity index (χ2v) is 4.91. The van der Waals surface area contributed by atoms with Crippen LogP contribution in [-0.2, 0) is 6.61 Å². The maximum Gasteiger partial charge on any atom is 0.137 e. The Bertz CT molecular complexity index is 353. The highest BCUT2D eigenvalue weighted by molar-refractivity contribution is 5.19. The predicted molar refractivity (Wildman–Crippen MR) is 70.5 cm³/mol. The summed E-state index contributed by atoms with van der Waals surface area (Å²) in [6.45, 7) is 1.92. The van der Waals surface area contributed by atoms with Gasteiger partial charge in [0.1, 0.15) is 5.75 Å². The molecular weight excluding hydrogens is 228 g/mol. The van der Waals surface area contributed by atoms with Crippen LogP contribution in [0.2, 0.25) is 0 Å². The van der Waals surface area contributed by atoms with Gasteiger partial charge in [-0.05, 0) is 45.0 Å². The van der Waals surface area contributed by atoms with Gasteiger partial charge in [0.25, 0.3) is 0 Å². The van der Waals surface area contributed by atoms with E-state index in [2.05, 4.69) is 16.9 Å². The standard InChI is InChI=1S/C14H22N2O2/c1-16-8-3-2-4-13(16)7-9-18-14-6-5-12(11-17)15-10-14/h5-6,10,13,17H,2-4,7-9,11H2,1H3. The SMILES string of the molecule is CN1CCCCC1CCOc1ccc(CO)nc1. The Morgan fingerprint density at radius 3 is 3.00 bits per heavy atom. The molecule has 0 radical (unpaired) electrons. The molecule has 4 heteroatoms. The van der Waals surface area contributed by atoms with Crippen molar-refractivity contribution in [3.05, 3.63) is 24.0 Å². The van der Waals surface area contributed by atoms with Crippen molar-refractivity contribution in [2.75, 3.05) is 20.2 Å². The molecule has 1 unspecified atom stereocenters. The van der Waals surface area contributed by atoms with Gasteiger partial charge in [-0.15, -0.1) is 0 Å². The molecule has 1 aliphatic rings. The maximum atomic E-state index is 8.90. The highest BCUT2D eigenvalue weighted by Gasteiger charge is 2.18. The van der Waals surface area contributed by atoms with Crippen molar-refractivity contribution < 1.29 is 9.84 Å². The number of hydrogen-bond acceptors (Lipinski definition) is 4. The number of nitrogens with zero attached hydrogens (tertiary/aromatic N) is 2. The third-order valence-corrected chi connectivity index (χ3v) is 3.60. The fourth-order valence-electron chi connectivity index (χ4n) is 2.41. The highest BCUT2D eigenvalue weighted by atomic mass is 16.5. The number of aromatic nitrogens is 1. The number of hydrogen-bond donors (Lipinski definition) is 1. The van der Waals surface area contributed by atoms with E-state index in [9.17, 15) is 0 Å². The molecule has 1 atom stereocenters. The molecule has 0 aromatic carbocycles. The zero-order chi connectivity index (χ0) is 12.8. The molecule has 18 heavy (non-hydrogen) atoms. The Kier molecular flexibility index (Phi) is 4.96. The number of pyridine rings is 1. The summed E-state index contributed by atoms with van der Waals surface area (Å²) < 4.78 is 5.69. The first-order valence-electron chi connectivity index (χ1n) is 6.68. The molecular formula is C14H22N2O2. The van der Waals surface area contributed by atoms with Crippen LogP contribution in [0, 0.1) is 0 Å². The molecule has 1 saturated heterocycles. The quantitative estimate of drug-likeness (QED) is 0.866. The van der Waals surface area contributed by atoms with E-state index in [1.165, 1.54) is 25.8 Å². The largest absolute Gasteiger partial charge is 0.492 e. The summed E-state index contributed by atoms with van der Waals surface area (Å²) >= 11 is 0. The van der Waals surface area contributed by atoms with Crippen molar-refractivity contribution in [1.82, 2.24) is 9.88 Å². The molecule has 1 fully saturated rings. The molecule has 0 aliphatic carbocycles. The van der Waals surface area contributed by atoms with Gasteiger partial charge in [-0.2, -0.15) is 0 Å².